The van der Waals surface area contributed by atoms with Crippen LogP contribution in [0, 0.1) is 35.5 Å². The van der Waals surface area contributed by atoms with Crippen LogP contribution in [0.1, 0.15) is 168 Å². The SMILES string of the molecule is CCCCCC1CCC(c2ccc(C#Cc3ccc(SC(F)F)cc3)cc2)CC1.CCCCCCC1CCC(c2ccc(C#Cc3ccc(SC(F)F)cc3)cc2)CC1. The van der Waals surface area contributed by atoms with Crippen molar-refractivity contribution in [1.82, 2.24) is 0 Å². The number of thioether (sulfide) groups is 2. The Morgan fingerprint density at radius 1 is 0.424 bits per heavy atom. The predicted octanol–water partition coefficient (Wildman–Crippen LogP) is 16.9. The first-order chi connectivity index (χ1) is 28.8. The quantitative estimate of drug-likeness (QED) is 0.0506. The van der Waals surface area contributed by atoms with Crippen molar-refractivity contribution in [2.75, 3.05) is 0 Å². The monoisotopic (exact) mass is 838 g/mol. The number of alkyl halides is 4. The molecule has 6 heteroatoms. The van der Waals surface area contributed by atoms with Gasteiger partial charge in [0.1, 0.15) is 0 Å². The molecule has 314 valence electrons. The highest BCUT2D eigenvalue weighted by atomic mass is 32.2. The second-order valence-electron chi connectivity index (χ2n) is 16.3. The Hall–Kier alpha value is -3.58. The minimum absolute atomic E-state index is 0.560. The molecule has 0 heterocycles. The second-order valence-corrected chi connectivity index (χ2v) is 18.5. The highest BCUT2D eigenvalue weighted by Crippen LogP contribution is 2.39. The van der Waals surface area contributed by atoms with Crippen LogP contribution >= 0.6 is 23.5 Å². The number of hydrogen-bond acceptors (Lipinski definition) is 2. The van der Waals surface area contributed by atoms with E-state index in [-0.39, 0.29) is 0 Å². The molecule has 0 N–H and O–H groups in total. The summed E-state index contributed by atoms with van der Waals surface area (Å²) in [5.41, 5.74) is 6.56. The van der Waals surface area contributed by atoms with Gasteiger partial charge in [0.05, 0.1) is 0 Å². The summed E-state index contributed by atoms with van der Waals surface area (Å²) in [7, 11) is 0. The fraction of sp³-hybridized carbons (Fsp3) is 0.472. The van der Waals surface area contributed by atoms with E-state index in [9.17, 15) is 17.6 Å². The average Bonchev–Trinajstić information content (AvgIpc) is 3.25. The molecule has 0 bridgehead atoms. The summed E-state index contributed by atoms with van der Waals surface area (Å²) < 4.78 is 49.5. The standard InChI is InChI=1S/C27H32F2S.C26H30F2S/c1-2-3-4-5-6-21-9-15-24(16-10-21)25-17-11-22(12-18-25)7-8-23-13-19-26(20-14-23)30-27(28)29;1-2-3-4-5-20-8-14-23(15-9-20)24-16-10-21(11-17-24)6-7-22-12-18-25(19-13-22)29-26(27)28/h11-14,17-21,24,27H,2-6,9-10,15-16H2,1H3;10-13,16-20,23,26H,2-5,8-9,14-15H2,1H3. The van der Waals surface area contributed by atoms with Gasteiger partial charge in [-0.15, -0.1) is 0 Å². The van der Waals surface area contributed by atoms with Gasteiger partial charge in [-0.2, -0.15) is 17.6 Å². The molecule has 0 radical (unpaired) electrons. The minimum Gasteiger partial charge on any atom is -0.198 e. The van der Waals surface area contributed by atoms with Crippen LogP contribution in [-0.2, 0) is 0 Å². The largest absolute Gasteiger partial charge is 0.288 e. The van der Waals surface area contributed by atoms with Gasteiger partial charge in [0.25, 0.3) is 11.5 Å². The summed E-state index contributed by atoms with van der Waals surface area (Å²) in [6, 6.07) is 31.4. The molecular formula is C53H62F4S2. The Labute approximate surface area is 361 Å². The fourth-order valence-electron chi connectivity index (χ4n) is 8.52. The van der Waals surface area contributed by atoms with E-state index in [0.29, 0.717) is 45.2 Å². The highest BCUT2D eigenvalue weighted by Gasteiger charge is 2.23. The predicted molar refractivity (Wildman–Crippen MR) is 244 cm³/mol. The molecule has 0 saturated heterocycles. The minimum atomic E-state index is -2.39. The average molecular weight is 839 g/mol. The van der Waals surface area contributed by atoms with Crippen molar-refractivity contribution in [2.24, 2.45) is 11.8 Å². The van der Waals surface area contributed by atoms with Crippen molar-refractivity contribution in [1.29, 1.82) is 0 Å². The molecule has 6 rings (SSSR count). The lowest BCUT2D eigenvalue weighted by Crippen LogP contribution is -2.13. The van der Waals surface area contributed by atoms with Gasteiger partial charge in [-0.05, 0) is 159 Å². The third kappa shape index (κ3) is 17.1. The summed E-state index contributed by atoms with van der Waals surface area (Å²) in [5.74, 6) is 11.1. The van der Waals surface area contributed by atoms with E-state index in [1.807, 2.05) is 0 Å². The molecule has 0 spiro atoms. The lowest BCUT2D eigenvalue weighted by Gasteiger charge is -2.29. The van der Waals surface area contributed by atoms with E-state index >= 15 is 0 Å². The summed E-state index contributed by atoms with van der Waals surface area (Å²) in [6.45, 7) is 4.55. The molecule has 0 amide bonds. The molecule has 0 nitrogen and oxygen atoms in total. The smallest absolute Gasteiger partial charge is 0.198 e. The Balaban J connectivity index is 0.000000224. The Morgan fingerprint density at radius 3 is 1.05 bits per heavy atom. The first kappa shape index (κ1) is 46.5. The first-order valence-electron chi connectivity index (χ1n) is 22.1. The molecule has 0 aliphatic heterocycles. The van der Waals surface area contributed by atoms with Crippen molar-refractivity contribution < 1.29 is 17.6 Å². The Bertz CT molecular complexity index is 1880. The van der Waals surface area contributed by atoms with Crippen LogP contribution in [0.5, 0.6) is 0 Å². The lowest BCUT2D eigenvalue weighted by molar-refractivity contribution is 0.251. The first-order valence-corrected chi connectivity index (χ1v) is 23.9. The maximum Gasteiger partial charge on any atom is 0.288 e. The van der Waals surface area contributed by atoms with Crippen molar-refractivity contribution in [3.63, 3.8) is 0 Å². The normalized spacial score (nSPS) is 18.9. The molecular weight excluding hydrogens is 777 g/mol. The number of halogens is 4. The zero-order valence-electron chi connectivity index (χ0n) is 35.1. The van der Waals surface area contributed by atoms with Crippen LogP contribution in [0.4, 0.5) is 17.6 Å². The van der Waals surface area contributed by atoms with E-state index in [0.717, 1.165) is 34.1 Å². The zero-order chi connectivity index (χ0) is 41.7. The molecule has 2 fully saturated rings. The summed E-state index contributed by atoms with van der Waals surface area (Å²) in [4.78, 5) is 1.13. The number of benzene rings is 4. The maximum atomic E-state index is 12.4. The molecule has 4 aromatic carbocycles. The lowest BCUT2D eigenvalue weighted by atomic mass is 9.77. The number of unbranched alkanes of at least 4 members (excludes halogenated alkanes) is 5. The molecule has 4 aromatic rings. The van der Waals surface area contributed by atoms with Crippen LogP contribution in [0.3, 0.4) is 0 Å². The van der Waals surface area contributed by atoms with Gasteiger partial charge in [0, 0.05) is 32.0 Å². The topological polar surface area (TPSA) is 0 Å². The molecule has 59 heavy (non-hydrogen) atoms. The highest BCUT2D eigenvalue weighted by molar-refractivity contribution is 7.99. The van der Waals surface area contributed by atoms with Crippen LogP contribution < -0.4 is 0 Å². The van der Waals surface area contributed by atoms with Gasteiger partial charge in [-0.1, -0.05) is 143 Å². The molecule has 2 saturated carbocycles. The third-order valence-corrected chi connectivity index (χ3v) is 13.4. The van der Waals surface area contributed by atoms with E-state index in [2.05, 4.69) is 86.1 Å². The van der Waals surface area contributed by atoms with Crippen LogP contribution in [0.15, 0.2) is 107 Å². The van der Waals surface area contributed by atoms with E-state index in [1.54, 1.807) is 48.5 Å². The van der Waals surface area contributed by atoms with Crippen molar-refractivity contribution in [3.05, 3.63) is 130 Å². The molecule has 0 aromatic heterocycles. The molecule has 0 atom stereocenters. The number of hydrogen-bond donors (Lipinski definition) is 0. The van der Waals surface area contributed by atoms with Crippen LogP contribution in [0.2, 0.25) is 0 Å². The maximum absolute atomic E-state index is 12.4. The van der Waals surface area contributed by atoms with Gasteiger partial charge in [-0.3, -0.25) is 0 Å². The van der Waals surface area contributed by atoms with E-state index < -0.39 is 11.5 Å². The van der Waals surface area contributed by atoms with Gasteiger partial charge < -0.3 is 0 Å². The molecule has 0 unspecified atom stereocenters. The van der Waals surface area contributed by atoms with Crippen molar-refractivity contribution in [2.45, 2.75) is 156 Å². The molecule has 2 aliphatic carbocycles. The van der Waals surface area contributed by atoms with Crippen molar-refractivity contribution in [3.8, 4) is 23.7 Å². The Morgan fingerprint density at radius 2 is 0.729 bits per heavy atom. The van der Waals surface area contributed by atoms with E-state index in [1.165, 1.54) is 120 Å². The summed E-state index contributed by atoms with van der Waals surface area (Å²) in [6.07, 6.45) is 23.2. The zero-order valence-corrected chi connectivity index (χ0v) is 36.7. The van der Waals surface area contributed by atoms with Crippen LogP contribution in [0.25, 0.3) is 0 Å². The summed E-state index contributed by atoms with van der Waals surface area (Å²) in [5, 5.41) is 0. The summed E-state index contributed by atoms with van der Waals surface area (Å²) >= 11 is 1.12. The second kappa shape index (κ2) is 25.9. The molecule has 2 aliphatic rings. The van der Waals surface area contributed by atoms with Gasteiger partial charge in [0.15, 0.2) is 0 Å². The van der Waals surface area contributed by atoms with Gasteiger partial charge >= 0.3 is 0 Å². The third-order valence-electron chi connectivity index (χ3n) is 12.0. The van der Waals surface area contributed by atoms with E-state index in [4.69, 9.17) is 0 Å². The van der Waals surface area contributed by atoms with Crippen molar-refractivity contribution >= 4 is 23.5 Å². The Kier molecular flexibility index (Phi) is 20.4. The number of rotatable bonds is 15. The van der Waals surface area contributed by atoms with Gasteiger partial charge in [0.2, 0.25) is 0 Å². The van der Waals surface area contributed by atoms with Gasteiger partial charge in [-0.25, -0.2) is 0 Å². The van der Waals surface area contributed by atoms with Crippen LogP contribution in [-0.4, -0.2) is 11.5 Å². The fourth-order valence-corrected chi connectivity index (χ4v) is 9.51.